The Morgan fingerprint density at radius 3 is 2.62 bits per heavy atom. The molecule has 0 aliphatic heterocycles. The normalized spacial score (nSPS) is 21.0. The Labute approximate surface area is 122 Å². The maximum absolute atomic E-state index is 14.1. The summed E-state index contributed by atoms with van der Waals surface area (Å²) in [6, 6.07) is 3.26. The fourth-order valence-corrected chi connectivity index (χ4v) is 2.50. The maximum Gasteiger partial charge on any atom is 0.166 e. The Morgan fingerprint density at radius 1 is 1.38 bits per heavy atom. The third kappa shape index (κ3) is 2.70. The zero-order chi connectivity index (χ0) is 15.0. The van der Waals surface area contributed by atoms with E-state index in [0.29, 0.717) is 11.6 Å². The minimum atomic E-state index is -0.871. The van der Waals surface area contributed by atoms with E-state index >= 15 is 0 Å². The first kappa shape index (κ1) is 14.2. The van der Waals surface area contributed by atoms with E-state index in [0.717, 1.165) is 31.2 Å². The number of rotatable bonds is 5. The van der Waals surface area contributed by atoms with E-state index in [1.54, 1.807) is 12.3 Å². The summed E-state index contributed by atoms with van der Waals surface area (Å²) in [6.07, 6.45) is 6.78. The third-order valence-corrected chi connectivity index (χ3v) is 4.27. The number of aliphatic imine (C=N–C) groups is 1. The van der Waals surface area contributed by atoms with E-state index in [1.807, 2.05) is 7.05 Å². The van der Waals surface area contributed by atoms with Crippen LogP contribution < -0.4 is 11.1 Å². The van der Waals surface area contributed by atoms with Gasteiger partial charge in [-0.2, -0.15) is 0 Å². The second-order valence-electron chi connectivity index (χ2n) is 5.78. The van der Waals surface area contributed by atoms with E-state index in [-0.39, 0.29) is 11.1 Å². The molecule has 2 aliphatic rings. The van der Waals surface area contributed by atoms with Crippen LogP contribution in [0, 0.1) is 11.6 Å². The number of benzene rings is 1. The molecule has 0 amide bonds. The molecule has 3 rings (SSSR count). The van der Waals surface area contributed by atoms with Crippen molar-refractivity contribution < 1.29 is 8.78 Å². The molecule has 2 saturated carbocycles. The summed E-state index contributed by atoms with van der Waals surface area (Å²) in [5.41, 5.74) is 6.72. The summed E-state index contributed by atoms with van der Waals surface area (Å²) in [7, 11) is 1.84. The minimum Gasteiger partial charge on any atom is -0.404 e. The summed E-state index contributed by atoms with van der Waals surface area (Å²) in [6.45, 7) is 0. The standard InChI is InChI=1S/C16H19F2N3/c1-20-16(4-5-16)11-6-13(15(18)14(17)7-11)10(8-19)9-21-12-2-3-12/h6-9,12,20H,2-5,19H2,1H3/b10-8+,21-9?. The van der Waals surface area contributed by atoms with Gasteiger partial charge in [-0.1, -0.05) is 0 Å². The van der Waals surface area contributed by atoms with Gasteiger partial charge in [-0.15, -0.1) is 0 Å². The molecule has 3 nitrogen and oxygen atoms in total. The summed E-state index contributed by atoms with van der Waals surface area (Å²) in [5, 5.41) is 3.19. The van der Waals surface area contributed by atoms with Gasteiger partial charge in [-0.3, -0.25) is 4.99 Å². The van der Waals surface area contributed by atoms with Crippen LogP contribution >= 0.6 is 0 Å². The average molecular weight is 291 g/mol. The summed E-state index contributed by atoms with van der Waals surface area (Å²) >= 11 is 0. The Balaban J connectivity index is 2.00. The van der Waals surface area contributed by atoms with Crippen LogP contribution in [-0.4, -0.2) is 19.3 Å². The molecule has 0 saturated heterocycles. The first-order valence-corrected chi connectivity index (χ1v) is 7.23. The number of allylic oxidation sites excluding steroid dienone is 1. The van der Waals surface area contributed by atoms with Crippen molar-refractivity contribution in [1.82, 2.24) is 5.32 Å². The molecule has 0 spiro atoms. The second kappa shape index (κ2) is 5.22. The minimum absolute atomic E-state index is 0.179. The van der Waals surface area contributed by atoms with Gasteiger partial charge in [0, 0.05) is 29.1 Å². The molecular weight excluding hydrogens is 272 g/mol. The summed E-state index contributed by atoms with van der Waals surface area (Å²) in [4.78, 5) is 4.30. The van der Waals surface area contributed by atoms with E-state index in [9.17, 15) is 8.78 Å². The van der Waals surface area contributed by atoms with Crippen LogP contribution in [0.1, 0.15) is 36.8 Å². The zero-order valence-corrected chi connectivity index (χ0v) is 12.0. The highest BCUT2D eigenvalue weighted by molar-refractivity contribution is 6.09. The highest BCUT2D eigenvalue weighted by Crippen LogP contribution is 2.46. The number of nitrogens with zero attached hydrogens (tertiary/aromatic N) is 1. The summed E-state index contributed by atoms with van der Waals surface area (Å²) in [5.74, 6) is -1.72. The second-order valence-corrected chi connectivity index (χ2v) is 5.78. The Hall–Kier alpha value is -1.75. The Morgan fingerprint density at radius 2 is 2.10 bits per heavy atom. The predicted molar refractivity (Wildman–Crippen MR) is 80.0 cm³/mol. The van der Waals surface area contributed by atoms with E-state index in [1.165, 1.54) is 12.3 Å². The lowest BCUT2D eigenvalue weighted by atomic mass is 9.98. The smallest absolute Gasteiger partial charge is 0.166 e. The molecule has 1 aromatic rings. The first-order chi connectivity index (χ1) is 10.1. The predicted octanol–water partition coefficient (Wildman–Crippen LogP) is 2.71. The quantitative estimate of drug-likeness (QED) is 0.820. The van der Waals surface area contributed by atoms with E-state index in [2.05, 4.69) is 10.3 Å². The fraction of sp³-hybridized carbons (Fsp3) is 0.438. The van der Waals surface area contributed by atoms with Crippen LogP contribution in [0.3, 0.4) is 0 Å². The topological polar surface area (TPSA) is 50.4 Å². The van der Waals surface area contributed by atoms with Crippen molar-refractivity contribution in [2.75, 3.05) is 7.05 Å². The van der Waals surface area contributed by atoms with Crippen molar-refractivity contribution in [3.63, 3.8) is 0 Å². The molecule has 0 unspecified atom stereocenters. The fourth-order valence-electron chi connectivity index (χ4n) is 2.50. The number of hydrogen-bond acceptors (Lipinski definition) is 3. The van der Waals surface area contributed by atoms with Crippen molar-refractivity contribution in [2.24, 2.45) is 10.7 Å². The van der Waals surface area contributed by atoms with Gasteiger partial charge >= 0.3 is 0 Å². The Bertz CT molecular complexity index is 614. The van der Waals surface area contributed by atoms with Crippen LogP contribution in [0.2, 0.25) is 0 Å². The SMILES string of the molecule is CNC1(c2cc(F)c(F)c(/C(C=NC3CC3)=C/N)c2)CC1. The van der Waals surface area contributed by atoms with Gasteiger partial charge in [-0.05, 0) is 50.4 Å². The highest BCUT2D eigenvalue weighted by atomic mass is 19.2. The molecule has 2 fully saturated rings. The maximum atomic E-state index is 14.1. The molecule has 5 heteroatoms. The molecule has 2 aliphatic carbocycles. The van der Waals surface area contributed by atoms with Gasteiger partial charge < -0.3 is 11.1 Å². The van der Waals surface area contributed by atoms with Gasteiger partial charge in [0.25, 0.3) is 0 Å². The van der Waals surface area contributed by atoms with Crippen molar-refractivity contribution in [3.05, 3.63) is 41.1 Å². The lowest BCUT2D eigenvalue weighted by molar-refractivity contribution is 0.497. The van der Waals surface area contributed by atoms with Crippen molar-refractivity contribution in [1.29, 1.82) is 0 Å². The van der Waals surface area contributed by atoms with Crippen LogP contribution in [0.15, 0.2) is 23.3 Å². The average Bonchev–Trinajstić information content (AvgIpc) is 3.38. The van der Waals surface area contributed by atoms with E-state index in [4.69, 9.17) is 5.73 Å². The molecule has 0 aromatic heterocycles. The number of nitrogens with two attached hydrogens (primary N) is 1. The molecule has 21 heavy (non-hydrogen) atoms. The zero-order valence-electron chi connectivity index (χ0n) is 12.0. The first-order valence-electron chi connectivity index (χ1n) is 7.23. The highest BCUT2D eigenvalue weighted by Gasteiger charge is 2.43. The molecule has 0 radical (unpaired) electrons. The number of hydrogen-bond donors (Lipinski definition) is 2. The van der Waals surface area contributed by atoms with Gasteiger partial charge in [0.15, 0.2) is 11.6 Å². The van der Waals surface area contributed by atoms with Gasteiger partial charge in [-0.25, -0.2) is 8.78 Å². The number of halogens is 2. The van der Waals surface area contributed by atoms with Crippen molar-refractivity contribution >= 4 is 11.8 Å². The van der Waals surface area contributed by atoms with Crippen molar-refractivity contribution in [2.45, 2.75) is 37.3 Å². The number of nitrogens with one attached hydrogen (secondary N) is 1. The monoisotopic (exact) mass is 291 g/mol. The molecule has 0 bridgehead atoms. The Kier molecular flexibility index (Phi) is 3.53. The van der Waals surface area contributed by atoms with Gasteiger partial charge in [0.2, 0.25) is 0 Å². The van der Waals surface area contributed by atoms with Crippen LogP contribution in [0.5, 0.6) is 0 Å². The third-order valence-electron chi connectivity index (χ3n) is 4.27. The lowest BCUT2D eigenvalue weighted by Gasteiger charge is -2.17. The lowest BCUT2D eigenvalue weighted by Crippen LogP contribution is -2.25. The molecular formula is C16H19F2N3. The van der Waals surface area contributed by atoms with Gasteiger partial charge in [0.05, 0.1) is 6.04 Å². The molecule has 112 valence electrons. The molecule has 0 atom stereocenters. The van der Waals surface area contributed by atoms with E-state index < -0.39 is 11.6 Å². The van der Waals surface area contributed by atoms with Crippen LogP contribution in [-0.2, 0) is 5.54 Å². The molecule has 0 heterocycles. The molecule has 1 aromatic carbocycles. The van der Waals surface area contributed by atoms with Crippen LogP contribution in [0.4, 0.5) is 8.78 Å². The van der Waals surface area contributed by atoms with Crippen LogP contribution in [0.25, 0.3) is 5.57 Å². The van der Waals surface area contributed by atoms with Crippen molar-refractivity contribution in [3.8, 4) is 0 Å². The molecule has 3 N–H and O–H groups in total. The van der Waals surface area contributed by atoms with Gasteiger partial charge in [0.1, 0.15) is 0 Å². The largest absolute Gasteiger partial charge is 0.404 e. The summed E-state index contributed by atoms with van der Waals surface area (Å²) < 4.78 is 28.0.